The zero-order valence-electron chi connectivity index (χ0n) is 12.0. The average Bonchev–Trinajstić information content (AvgIpc) is 2.48. The van der Waals surface area contributed by atoms with Crippen molar-refractivity contribution in [2.24, 2.45) is 0 Å². The topological polar surface area (TPSA) is 49.4 Å². The Kier molecular flexibility index (Phi) is 4.41. The molecule has 1 aromatic carbocycles. The van der Waals surface area contributed by atoms with Gasteiger partial charge < -0.3 is 5.32 Å². The highest BCUT2D eigenvalue weighted by atomic mass is 79.9. The monoisotopic (exact) mass is 372 g/mol. The minimum Gasteiger partial charge on any atom is -0.314 e. The van der Waals surface area contributed by atoms with E-state index in [2.05, 4.69) is 21.2 Å². The summed E-state index contributed by atoms with van der Waals surface area (Å²) in [5.74, 6) is 0. The molecule has 0 atom stereocenters. The SMILES string of the molecule is O=S(=O)(c1ccccc1Br)N1CCNCC12CCCCC2. The van der Waals surface area contributed by atoms with Crippen molar-refractivity contribution in [1.82, 2.24) is 9.62 Å². The van der Waals surface area contributed by atoms with Gasteiger partial charge in [0.1, 0.15) is 0 Å². The average molecular weight is 373 g/mol. The van der Waals surface area contributed by atoms with Crippen LogP contribution in [0.3, 0.4) is 0 Å². The number of rotatable bonds is 2. The van der Waals surface area contributed by atoms with Crippen LogP contribution < -0.4 is 5.32 Å². The van der Waals surface area contributed by atoms with Crippen molar-refractivity contribution in [3.63, 3.8) is 0 Å². The van der Waals surface area contributed by atoms with Crippen molar-refractivity contribution in [1.29, 1.82) is 0 Å². The van der Waals surface area contributed by atoms with Crippen molar-refractivity contribution in [2.45, 2.75) is 42.5 Å². The molecule has 2 fully saturated rings. The number of nitrogens with zero attached hydrogens (tertiary/aromatic N) is 1. The van der Waals surface area contributed by atoms with Crippen molar-refractivity contribution >= 4 is 26.0 Å². The Bertz CT molecular complexity index is 604. The first kappa shape index (κ1) is 15.5. The Morgan fingerprint density at radius 1 is 1.14 bits per heavy atom. The normalized spacial score (nSPS) is 23.3. The lowest BCUT2D eigenvalue weighted by Gasteiger charge is -2.48. The van der Waals surface area contributed by atoms with Crippen molar-refractivity contribution in [2.75, 3.05) is 19.6 Å². The van der Waals surface area contributed by atoms with E-state index in [-0.39, 0.29) is 5.54 Å². The molecule has 2 aliphatic rings. The van der Waals surface area contributed by atoms with Crippen LogP contribution >= 0.6 is 15.9 Å². The summed E-state index contributed by atoms with van der Waals surface area (Å²) in [6.45, 7) is 2.06. The third-order valence-corrected chi connectivity index (χ3v) is 7.68. The van der Waals surface area contributed by atoms with Gasteiger partial charge in [-0.15, -0.1) is 0 Å². The van der Waals surface area contributed by atoms with E-state index in [1.54, 1.807) is 22.5 Å². The molecule has 1 aliphatic heterocycles. The Labute approximate surface area is 135 Å². The molecule has 1 saturated heterocycles. The first-order chi connectivity index (χ1) is 10.1. The van der Waals surface area contributed by atoms with Gasteiger partial charge in [-0.25, -0.2) is 8.42 Å². The van der Waals surface area contributed by atoms with Crippen LogP contribution in [-0.4, -0.2) is 37.9 Å². The number of nitrogens with one attached hydrogen (secondary N) is 1. The van der Waals surface area contributed by atoms with E-state index in [9.17, 15) is 8.42 Å². The summed E-state index contributed by atoms with van der Waals surface area (Å²) >= 11 is 3.39. The number of benzene rings is 1. The van der Waals surface area contributed by atoms with Crippen molar-refractivity contribution in [3.05, 3.63) is 28.7 Å². The van der Waals surface area contributed by atoms with Gasteiger partial charge in [0.05, 0.1) is 4.90 Å². The quantitative estimate of drug-likeness (QED) is 0.867. The van der Waals surface area contributed by atoms with E-state index in [1.807, 2.05) is 6.07 Å². The predicted molar refractivity (Wildman–Crippen MR) is 86.7 cm³/mol. The maximum atomic E-state index is 13.1. The standard InChI is InChI=1S/C15H21BrN2O2S/c16-13-6-2-3-7-14(13)21(19,20)18-11-10-17-12-15(18)8-4-1-5-9-15/h2-3,6-7,17H,1,4-5,8-12H2. The predicted octanol–water partition coefficient (Wildman–Crippen LogP) is 2.75. The van der Waals surface area contributed by atoms with Crippen LogP contribution in [-0.2, 0) is 10.0 Å². The van der Waals surface area contributed by atoms with Crippen molar-refractivity contribution in [3.8, 4) is 0 Å². The van der Waals surface area contributed by atoms with Crippen LogP contribution in [0.2, 0.25) is 0 Å². The molecule has 0 bridgehead atoms. The maximum Gasteiger partial charge on any atom is 0.244 e. The third-order valence-electron chi connectivity index (χ3n) is 4.66. The smallest absolute Gasteiger partial charge is 0.244 e. The van der Waals surface area contributed by atoms with E-state index < -0.39 is 10.0 Å². The Hall–Kier alpha value is -0.430. The van der Waals surface area contributed by atoms with E-state index in [1.165, 1.54) is 6.42 Å². The molecule has 116 valence electrons. The number of sulfonamides is 1. The summed E-state index contributed by atoms with van der Waals surface area (Å²) in [5.41, 5.74) is -0.232. The Balaban J connectivity index is 2.01. The maximum absolute atomic E-state index is 13.1. The molecule has 3 rings (SSSR count). The second-order valence-corrected chi connectivity index (χ2v) is 8.65. The first-order valence-corrected chi connectivity index (χ1v) is 9.78. The molecule has 1 saturated carbocycles. The molecular formula is C15H21BrN2O2S. The summed E-state index contributed by atoms with van der Waals surface area (Å²) < 4.78 is 28.7. The second-order valence-electron chi connectivity index (χ2n) is 5.97. The summed E-state index contributed by atoms with van der Waals surface area (Å²) in [6.07, 6.45) is 5.37. The van der Waals surface area contributed by atoms with Gasteiger partial charge in [-0.3, -0.25) is 0 Å². The molecular weight excluding hydrogens is 352 g/mol. The molecule has 4 nitrogen and oxygen atoms in total. The van der Waals surface area contributed by atoms with Gasteiger partial charge in [-0.1, -0.05) is 31.4 Å². The highest BCUT2D eigenvalue weighted by Gasteiger charge is 2.46. The minimum atomic E-state index is -3.45. The van der Waals surface area contributed by atoms with Gasteiger partial charge >= 0.3 is 0 Å². The fraction of sp³-hybridized carbons (Fsp3) is 0.600. The third kappa shape index (κ3) is 2.79. The molecule has 1 N–H and O–H groups in total. The number of hydrogen-bond acceptors (Lipinski definition) is 3. The van der Waals surface area contributed by atoms with Crippen LogP contribution in [0, 0.1) is 0 Å². The first-order valence-electron chi connectivity index (χ1n) is 7.54. The van der Waals surface area contributed by atoms with Gasteiger partial charge in [-0.2, -0.15) is 4.31 Å². The Morgan fingerprint density at radius 3 is 2.57 bits per heavy atom. The van der Waals surface area contributed by atoms with Crippen LogP contribution in [0.4, 0.5) is 0 Å². The molecule has 6 heteroatoms. The molecule has 1 aliphatic carbocycles. The van der Waals surface area contributed by atoms with Gasteiger partial charge in [-0.05, 0) is 40.9 Å². The summed E-state index contributed by atoms with van der Waals surface area (Å²) in [4.78, 5) is 0.386. The fourth-order valence-electron chi connectivity index (χ4n) is 3.61. The van der Waals surface area contributed by atoms with Crippen LogP contribution in [0.15, 0.2) is 33.6 Å². The number of halogens is 1. The minimum absolute atomic E-state index is 0.232. The summed E-state index contributed by atoms with van der Waals surface area (Å²) in [7, 11) is -3.45. The van der Waals surface area contributed by atoms with Crippen LogP contribution in [0.5, 0.6) is 0 Å². The molecule has 0 radical (unpaired) electrons. The van der Waals surface area contributed by atoms with Gasteiger partial charge in [0.15, 0.2) is 0 Å². The molecule has 21 heavy (non-hydrogen) atoms. The lowest BCUT2D eigenvalue weighted by atomic mass is 9.80. The summed E-state index contributed by atoms with van der Waals surface area (Å²) in [6, 6.07) is 7.12. The highest BCUT2D eigenvalue weighted by molar-refractivity contribution is 9.10. The fourth-order valence-corrected chi connectivity index (χ4v) is 6.40. The molecule has 0 aromatic heterocycles. The number of hydrogen-bond donors (Lipinski definition) is 1. The van der Waals surface area contributed by atoms with E-state index >= 15 is 0 Å². The van der Waals surface area contributed by atoms with E-state index in [4.69, 9.17) is 0 Å². The van der Waals surface area contributed by atoms with Crippen LogP contribution in [0.25, 0.3) is 0 Å². The highest BCUT2D eigenvalue weighted by Crippen LogP contribution is 2.39. The molecule has 1 aromatic rings. The zero-order valence-corrected chi connectivity index (χ0v) is 14.4. The lowest BCUT2D eigenvalue weighted by Crippen LogP contribution is -2.63. The molecule has 1 spiro atoms. The lowest BCUT2D eigenvalue weighted by molar-refractivity contribution is 0.101. The van der Waals surface area contributed by atoms with Gasteiger partial charge in [0, 0.05) is 29.6 Å². The zero-order chi connectivity index (χ0) is 14.9. The second kappa shape index (κ2) is 5.99. The molecule has 0 unspecified atom stereocenters. The molecule has 1 heterocycles. The van der Waals surface area contributed by atoms with Crippen molar-refractivity contribution < 1.29 is 8.42 Å². The summed E-state index contributed by atoms with van der Waals surface area (Å²) in [5, 5.41) is 3.40. The van der Waals surface area contributed by atoms with E-state index in [0.29, 0.717) is 15.9 Å². The largest absolute Gasteiger partial charge is 0.314 e. The Morgan fingerprint density at radius 2 is 1.86 bits per heavy atom. The van der Waals surface area contributed by atoms with Crippen LogP contribution in [0.1, 0.15) is 32.1 Å². The molecule has 0 amide bonds. The van der Waals surface area contributed by atoms with E-state index in [0.717, 1.165) is 38.8 Å². The van der Waals surface area contributed by atoms with Gasteiger partial charge in [0.2, 0.25) is 10.0 Å². The number of piperazine rings is 1. The van der Waals surface area contributed by atoms with Gasteiger partial charge in [0.25, 0.3) is 0 Å².